The zero-order chi connectivity index (χ0) is 13.2. The molecular formula is C14H16N2O2. The molecule has 4 heteroatoms. The Morgan fingerprint density at radius 3 is 2.89 bits per heavy atom. The van der Waals surface area contributed by atoms with Gasteiger partial charge in [-0.2, -0.15) is 0 Å². The normalized spacial score (nSPS) is 14.2. The van der Waals surface area contributed by atoms with Crippen LogP contribution >= 0.6 is 0 Å². The first kappa shape index (κ1) is 12.5. The Balaban J connectivity index is 2.29. The molecule has 1 atom stereocenters. The predicted molar refractivity (Wildman–Crippen MR) is 70.1 cm³/mol. The zero-order valence-electron chi connectivity index (χ0n) is 10.5. The van der Waals surface area contributed by atoms with E-state index in [4.69, 9.17) is 10.5 Å². The van der Waals surface area contributed by atoms with Gasteiger partial charge < -0.3 is 10.5 Å². The number of fused-ring (bicyclic) bond motifs is 1. The van der Waals surface area contributed by atoms with Crippen molar-refractivity contribution in [1.82, 2.24) is 4.98 Å². The molecule has 1 unspecified atom stereocenters. The number of nitrogens with two attached hydrogens (primary N) is 1. The summed E-state index contributed by atoms with van der Waals surface area (Å²) in [6, 6.07) is 9.82. The van der Waals surface area contributed by atoms with Crippen LogP contribution in [0.25, 0.3) is 10.9 Å². The van der Waals surface area contributed by atoms with E-state index in [1.165, 1.54) is 7.11 Å². The second-order valence-electron chi connectivity index (χ2n) is 4.62. The quantitative estimate of drug-likeness (QED) is 0.834. The summed E-state index contributed by atoms with van der Waals surface area (Å²) in [5, 5.41) is 1.04. The first-order valence-corrected chi connectivity index (χ1v) is 5.74. The van der Waals surface area contributed by atoms with Crippen molar-refractivity contribution in [3.8, 4) is 0 Å². The van der Waals surface area contributed by atoms with Gasteiger partial charge in [-0.15, -0.1) is 0 Å². The molecule has 2 N–H and O–H groups in total. The van der Waals surface area contributed by atoms with Gasteiger partial charge in [0.25, 0.3) is 0 Å². The van der Waals surface area contributed by atoms with Gasteiger partial charge in [-0.3, -0.25) is 9.78 Å². The maximum atomic E-state index is 11.5. The topological polar surface area (TPSA) is 65.2 Å². The van der Waals surface area contributed by atoms with Gasteiger partial charge in [0.15, 0.2) is 0 Å². The summed E-state index contributed by atoms with van der Waals surface area (Å²) in [5.74, 6) is -0.421. The Labute approximate surface area is 106 Å². The van der Waals surface area contributed by atoms with E-state index in [-0.39, 0.29) is 0 Å². The first-order valence-electron chi connectivity index (χ1n) is 5.74. The molecule has 4 nitrogen and oxygen atoms in total. The SMILES string of the molecule is COC(=O)C(C)(N)Cc1cnc2ccccc2c1. The van der Waals surface area contributed by atoms with Gasteiger partial charge >= 0.3 is 5.97 Å². The predicted octanol–water partition coefficient (Wildman–Crippen LogP) is 1.67. The van der Waals surface area contributed by atoms with Crippen molar-refractivity contribution in [3.63, 3.8) is 0 Å². The van der Waals surface area contributed by atoms with Gasteiger partial charge in [0.05, 0.1) is 12.6 Å². The lowest BCUT2D eigenvalue weighted by molar-refractivity contribution is -0.146. The summed E-state index contributed by atoms with van der Waals surface area (Å²) >= 11 is 0. The second-order valence-corrected chi connectivity index (χ2v) is 4.62. The van der Waals surface area contributed by atoms with E-state index in [9.17, 15) is 4.79 Å². The third-order valence-electron chi connectivity index (χ3n) is 2.87. The summed E-state index contributed by atoms with van der Waals surface area (Å²) in [5.41, 5.74) is 6.76. The van der Waals surface area contributed by atoms with Crippen LogP contribution < -0.4 is 5.73 Å². The van der Waals surface area contributed by atoms with E-state index < -0.39 is 11.5 Å². The molecule has 0 aliphatic rings. The largest absolute Gasteiger partial charge is 0.468 e. The molecule has 0 amide bonds. The number of hydrogen-bond acceptors (Lipinski definition) is 4. The van der Waals surface area contributed by atoms with Crippen LogP contribution in [0, 0.1) is 0 Å². The van der Waals surface area contributed by atoms with Crippen molar-refractivity contribution in [2.75, 3.05) is 7.11 Å². The molecule has 0 fully saturated rings. The summed E-state index contributed by atoms with van der Waals surface area (Å²) in [6.07, 6.45) is 2.15. The number of methoxy groups -OCH3 is 1. The summed E-state index contributed by atoms with van der Waals surface area (Å²) in [4.78, 5) is 15.9. The third kappa shape index (κ3) is 2.49. The highest BCUT2D eigenvalue weighted by Crippen LogP contribution is 2.17. The van der Waals surface area contributed by atoms with Crippen molar-refractivity contribution in [3.05, 3.63) is 42.1 Å². The van der Waals surface area contributed by atoms with Crippen LogP contribution in [0.1, 0.15) is 12.5 Å². The Morgan fingerprint density at radius 1 is 1.44 bits per heavy atom. The minimum Gasteiger partial charge on any atom is -0.468 e. The second kappa shape index (κ2) is 4.74. The minimum absolute atomic E-state index is 0.400. The number of aromatic nitrogens is 1. The van der Waals surface area contributed by atoms with E-state index in [0.29, 0.717) is 6.42 Å². The van der Waals surface area contributed by atoms with E-state index >= 15 is 0 Å². The van der Waals surface area contributed by atoms with Crippen LogP contribution in [0.2, 0.25) is 0 Å². The molecule has 1 heterocycles. The number of hydrogen-bond donors (Lipinski definition) is 1. The van der Waals surface area contributed by atoms with Crippen LogP contribution in [0.15, 0.2) is 36.5 Å². The maximum Gasteiger partial charge on any atom is 0.325 e. The van der Waals surface area contributed by atoms with Crippen LogP contribution in [0.5, 0.6) is 0 Å². The lowest BCUT2D eigenvalue weighted by Gasteiger charge is -2.21. The lowest BCUT2D eigenvalue weighted by atomic mass is 9.94. The van der Waals surface area contributed by atoms with E-state index in [0.717, 1.165) is 16.5 Å². The minimum atomic E-state index is -1.03. The highest BCUT2D eigenvalue weighted by Gasteiger charge is 2.29. The van der Waals surface area contributed by atoms with Crippen molar-refractivity contribution in [1.29, 1.82) is 0 Å². The smallest absolute Gasteiger partial charge is 0.325 e. The molecule has 0 saturated carbocycles. The molecule has 0 aliphatic carbocycles. The molecule has 1 aromatic carbocycles. The summed E-state index contributed by atoms with van der Waals surface area (Å²) < 4.78 is 4.69. The number of para-hydroxylation sites is 1. The number of pyridine rings is 1. The first-order chi connectivity index (χ1) is 8.53. The van der Waals surface area contributed by atoms with E-state index in [2.05, 4.69) is 4.98 Å². The van der Waals surface area contributed by atoms with Crippen molar-refractivity contribution >= 4 is 16.9 Å². The van der Waals surface area contributed by atoms with Crippen LogP contribution in [-0.2, 0) is 16.0 Å². The van der Waals surface area contributed by atoms with Gasteiger partial charge in [0.1, 0.15) is 5.54 Å². The van der Waals surface area contributed by atoms with Crippen LogP contribution in [-0.4, -0.2) is 23.6 Å². The molecule has 2 rings (SSSR count). The fourth-order valence-corrected chi connectivity index (χ4v) is 1.94. The Bertz CT molecular complexity index is 579. The molecule has 2 aromatic rings. The zero-order valence-corrected chi connectivity index (χ0v) is 10.5. The number of ether oxygens (including phenoxy) is 1. The summed E-state index contributed by atoms with van der Waals surface area (Å²) in [7, 11) is 1.34. The highest BCUT2D eigenvalue weighted by molar-refractivity contribution is 5.81. The van der Waals surface area contributed by atoms with Gasteiger partial charge in [0.2, 0.25) is 0 Å². The third-order valence-corrected chi connectivity index (χ3v) is 2.87. The molecule has 0 spiro atoms. The van der Waals surface area contributed by atoms with E-state index in [1.54, 1.807) is 13.1 Å². The lowest BCUT2D eigenvalue weighted by Crippen LogP contribution is -2.47. The number of carbonyl (C=O) groups is 1. The molecule has 1 aromatic heterocycles. The standard InChI is InChI=1S/C14H16N2O2/c1-14(15,13(17)18-2)8-10-7-11-5-3-4-6-12(11)16-9-10/h3-7,9H,8,15H2,1-2H3. The van der Waals surface area contributed by atoms with Crippen LogP contribution in [0.3, 0.4) is 0 Å². The van der Waals surface area contributed by atoms with Crippen LogP contribution in [0.4, 0.5) is 0 Å². The van der Waals surface area contributed by atoms with E-state index in [1.807, 2.05) is 30.3 Å². The number of carbonyl (C=O) groups excluding carboxylic acids is 1. The molecule has 0 radical (unpaired) electrons. The molecule has 94 valence electrons. The molecule has 0 bridgehead atoms. The Morgan fingerprint density at radius 2 is 2.17 bits per heavy atom. The van der Waals surface area contributed by atoms with Crippen molar-refractivity contribution in [2.24, 2.45) is 5.73 Å². The molecule has 18 heavy (non-hydrogen) atoms. The number of rotatable bonds is 3. The van der Waals surface area contributed by atoms with Crippen molar-refractivity contribution < 1.29 is 9.53 Å². The maximum absolute atomic E-state index is 11.5. The number of benzene rings is 1. The highest BCUT2D eigenvalue weighted by atomic mass is 16.5. The number of esters is 1. The van der Waals surface area contributed by atoms with Crippen molar-refractivity contribution in [2.45, 2.75) is 18.9 Å². The van der Waals surface area contributed by atoms with Gasteiger partial charge in [0, 0.05) is 18.0 Å². The fourth-order valence-electron chi connectivity index (χ4n) is 1.94. The molecule has 0 saturated heterocycles. The molecular weight excluding hydrogens is 228 g/mol. The van der Waals surface area contributed by atoms with Gasteiger partial charge in [-0.05, 0) is 24.6 Å². The fraction of sp³-hybridized carbons (Fsp3) is 0.286. The average Bonchev–Trinajstić information content (AvgIpc) is 2.37. The number of nitrogens with zero attached hydrogens (tertiary/aromatic N) is 1. The van der Waals surface area contributed by atoms with Gasteiger partial charge in [-0.25, -0.2) is 0 Å². The van der Waals surface area contributed by atoms with Gasteiger partial charge in [-0.1, -0.05) is 18.2 Å². The Kier molecular flexibility index (Phi) is 3.30. The monoisotopic (exact) mass is 244 g/mol. The molecule has 0 aliphatic heterocycles. The Hall–Kier alpha value is -1.94. The summed E-state index contributed by atoms with van der Waals surface area (Å²) in [6.45, 7) is 1.66. The average molecular weight is 244 g/mol.